The first-order valence-corrected chi connectivity index (χ1v) is 6.32. The van der Waals surface area contributed by atoms with Gasteiger partial charge in [-0.3, -0.25) is 9.48 Å². The maximum atomic E-state index is 11.9. The normalized spacial score (nSPS) is 12.7. The minimum absolute atomic E-state index is 0.0494. The highest BCUT2D eigenvalue weighted by molar-refractivity contribution is 5.81. The fourth-order valence-electron chi connectivity index (χ4n) is 1.79. The van der Waals surface area contributed by atoms with E-state index in [-0.39, 0.29) is 11.9 Å². The smallest absolute Gasteiger partial charge is 0.237 e. The molecule has 0 aliphatic heterocycles. The van der Waals surface area contributed by atoms with E-state index in [0.717, 1.165) is 12.2 Å². The SMILES string of the molecule is CN[C@@H](CC(C)C)C(=O)NCCc1ncnn1C. The van der Waals surface area contributed by atoms with Crippen molar-refractivity contribution in [1.29, 1.82) is 0 Å². The van der Waals surface area contributed by atoms with Gasteiger partial charge in [0.15, 0.2) is 0 Å². The lowest BCUT2D eigenvalue weighted by molar-refractivity contribution is -0.123. The van der Waals surface area contributed by atoms with E-state index in [1.54, 1.807) is 4.68 Å². The summed E-state index contributed by atoms with van der Waals surface area (Å²) in [5.74, 6) is 1.42. The summed E-state index contributed by atoms with van der Waals surface area (Å²) in [6, 6.07) is -0.121. The number of rotatable bonds is 7. The van der Waals surface area contributed by atoms with Crippen LogP contribution in [0.1, 0.15) is 26.1 Å². The van der Waals surface area contributed by atoms with Crippen molar-refractivity contribution in [2.24, 2.45) is 13.0 Å². The zero-order valence-electron chi connectivity index (χ0n) is 11.6. The van der Waals surface area contributed by atoms with Crippen molar-refractivity contribution < 1.29 is 4.79 Å². The Kier molecular flexibility index (Phi) is 5.77. The Bertz CT molecular complexity index is 374. The molecule has 0 aliphatic rings. The summed E-state index contributed by atoms with van der Waals surface area (Å²) >= 11 is 0. The molecule has 0 bridgehead atoms. The van der Waals surface area contributed by atoms with Gasteiger partial charge < -0.3 is 10.6 Å². The molecule has 6 nitrogen and oxygen atoms in total. The van der Waals surface area contributed by atoms with Crippen LogP contribution in [0.15, 0.2) is 6.33 Å². The zero-order chi connectivity index (χ0) is 13.5. The average Bonchev–Trinajstić information content (AvgIpc) is 2.71. The number of likely N-dealkylation sites (N-methyl/N-ethyl adjacent to an activating group) is 1. The molecule has 0 aromatic carbocycles. The van der Waals surface area contributed by atoms with Gasteiger partial charge in [-0.05, 0) is 19.4 Å². The number of amides is 1. The lowest BCUT2D eigenvalue weighted by atomic mass is 10.0. The molecule has 1 aromatic heterocycles. The monoisotopic (exact) mass is 253 g/mol. The van der Waals surface area contributed by atoms with Gasteiger partial charge in [0.05, 0.1) is 6.04 Å². The number of aromatic nitrogens is 3. The van der Waals surface area contributed by atoms with Crippen LogP contribution < -0.4 is 10.6 Å². The second-order valence-electron chi connectivity index (χ2n) is 4.81. The molecule has 2 N–H and O–H groups in total. The van der Waals surface area contributed by atoms with Gasteiger partial charge in [0.1, 0.15) is 12.2 Å². The second-order valence-corrected chi connectivity index (χ2v) is 4.81. The summed E-state index contributed by atoms with van der Waals surface area (Å²) in [7, 11) is 3.66. The van der Waals surface area contributed by atoms with Gasteiger partial charge in [-0.2, -0.15) is 5.10 Å². The molecule has 1 amide bonds. The molecule has 1 heterocycles. The fraction of sp³-hybridized carbons (Fsp3) is 0.750. The van der Waals surface area contributed by atoms with Crippen LogP contribution in [0.25, 0.3) is 0 Å². The fourth-order valence-corrected chi connectivity index (χ4v) is 1.79. The third-order valence-corrected chi connectivity index (χ3v) is 2.83. The number of hydrogen-bond donors (Lipinski definition) is 2. The lowest BCUT2D eigenvalue weighted by Crippen LogP contribution is -2.44. The van der Waals surface area contributed by atoms with Crippen LogP contribution >= 0.6 is 0 Å². The molecule has 1 rings (SSSR count). The molecule has 1 aromatic rings. The average molecular weight is 253 g/mol. The van der Waals surface area contributed by atoms with Crippen molar-refractivity contribution in [1.82, 2.24) is 25.4 Å². The Hall–Kier alpha value is -1.43. The van der Waals surface area contributed by atoms with Crippen LogP contribution in [-0.2, 0) is 18.3 Å². The highest BCUT2D eigenvalue weighted by Gasteiger charge is 2.17. The molecule has 0 saturated heterocycles. The Morgan fingerprint density at radius 3 is 2.72 bits per heavy atom. The van der Waals surface area contributed by atoms with Crippen LogP contribution in [0.2, 0.25) is 0 Å². The first kappa shape index (κ1) is 14.6. The Morgan fingerprint density at radius 1 is 1.50 bits per heavy atom. The lowest BCUT2D eigenvalue weighted by Gasteiger charge is -2.17. The number of nitrogens with zero attached hydrogens (tertiary/aromatic N) is 3. The quantitative estimate of drug-likeness (QED) is 0.723. The largest absolute Gasteiger partial charge is 0.354 e. The van der Waals surface area contributed by atoms with Gasteiger partial charge in [-0.25, -0.2) is 4.98 Å². The van der Waals surface area contributed by atoms with Crippen LogP contribution in [0, 0.1) is 5.92 Å². The molecule has 0 unspecified atom stereocenters. The molecule has 0 aliphatic carbocycles. The molecule has 0 spiro atoms. The molecular weight excluding hydrogens is 230 g/mol. The predicted octanol–water partition coefficient (Wildman–Crippen LogP) is 0.108. The molecule has 18 heavy (non-hydrogen) atoms. The van der Waals surface area contributed by atoms with Gasteiger partial charge in [-0.15, -0.1) is 0 Å². The van der Waals surface area contributed by atoms with Crippen LogP contribution in [0.4, 0.5) is 0 Å². The predicted molar refractivity (Wildman–Crippen MR) is 70.0 cm³/mol. The van der Waals surface area contributed by atoms with Gasteiger partial charge >= 0.3 is 0 Å². The third-order valence-electron chi connectivity index (χ3n) is 2.83. The number of hydrogen-bond acceptors (Lipinski definition) is 4. The molecular formula is C12H23N5O. The minimum atomic E-state index is -0.121. The van der Waals surface area contributed by atoms with Crippen molar-refractivity contribution in [2.75, 3.05) is 13.6 Å². The first-order valence-electron chi connectivity index (χ1n) is 6.32. The highest BCUT2D eigenvalue weighted by atomic mass is 16.2. The summed E-state index contributed by atoms with van der Waals surface area (Å²) in [6.45, 7) is 4.80. The summed E-state index contributed by atoms with van der Waals surface area (Å²) in [5, 5.41) is 9.95. The minimum Gasteiger partial charge on any atom is -0.354 e. The maximum absolute atomic E-state index is 11.9. The van der Waals surface area contributed by atoms with Crippen molar-refractivity contribution in [2.45, 2.75) is 32.7 Å². The second kappa shape index (κ2) is 7.10. The molecule has 1 atom stereocenters. The number of carbonyl (C=O) groups is 1. The standard InChI is InChI=1S/C12H23N5O/c1-9(2)7-10(13-3)12(18)14-6-5-11-15-8-16-17(11)4/h8-10,13H,5-7H2,1-4H3,(H,14,18)/t10-/m0/s1. The van der Waals surface area contributed by atoms with Gasteiger partial charge in [-0.1, -0.05) is 13.8 Å². The van der Waals surface area contributed by atoms with Crippen molar-refractivity contribution in [3.63, 3.8) is 0 Å². The molecule has 6 heteroatoms. The van der Waals surface area contributed by atoms with E-state index in [0.29, 0.717) is 18.9 Å². The number of carbonyl (C=O) groups excluding carboxylic acids is 1. The summed E-state index contributed by atoms with van der Waals surface area (Å²) in [4.78, 5) is 16.0. The zero-order valence-corrected chi connectivity index (χ0v) is 11.6. The van der Waals surface area contributed by atoms with Gasteiger partial charge in [0.25, 0.3) is 0 Å². The Balaban J connectivity index is 2.34. The molecule has 0 radical (unpaired) electrons. The topological polar surface area (TPSA) is 71.8 Å². The van der Waals surface area contributed by atoms with E-state index >= 15 is 0 Å². The summed E-state index contributed by atoms with van der Waals surface area (Å²) in [6.07, 6.45) is 3.05. The van der Waals surface area contributed by atoms with Crippen molar-refractivity contribution in [3.05, 3.63) is 12.2 Å². The number of aryl methyl sites for hydroxylation is 1. The van der Waals surface area contributed by atoms with Gasteiger partial charge in [0, 0.05) is 20.0 Å². The summed E-state index contributed by atoms with van der Waals surface area (Å²) < 4.78 is 1.72. The first-order chi connectivity index (χ1) is 8.54. The van der Waals surface area contributed by atoms with Crippen LogP contribution in [0.3, 0.4) is 0 Å². The van der Waals surface area contributed by atoms with Crippen LogP contribution in [-0.4, -0.2) is 40.3 Å². The van der Waals surface area contributed by atoms with Crippen molar-refractivity contribution >= 4 is 5.91 Å². The third kappa shape index (κ3) is 4.44. The van der Waals surface area contributed by atoms with Crippen molar-refractivity contribution in [3.8, 4) is 0 Å². The van der Waals surface area contributed by atoms with E-state index in [1.807, 2.05) is 14.1 Å². The molecule has 102 valence electrons. The van der Waals surface area contributed by atoms with E-state index in [9.17, 15) is 4.79 Å². The van der Waals surface area contributed by atoms with Gasteiger partial charge in [0.2, 0.25) is 5.91 Å². The Labute approximate surface area is 108 Å². The molecule has 0 saturated carbocycles. The highest BCUT2D eigenvalue weighted by Crippen LogP contribution is 2.04. The maximum Gasteiger partial charge on any atom is 0.237 e. The van der Waals surface area contributed by atoms with E-state index < -0.39 is 0 Å². The number of nitrogens with one attached hydrogen (secondary N) is 2. The van der Waals surface area contributed by atoms with E-state index in [2.05, 4.69) is 34.6 Å². The Morgan fingerprint density at radius 2 is 2.22 bits per heavy atom. The van der Waals surface area contributed by atoms with E-state index in [1.165, 1.54) is 6.33 Å². The molecule has 0 fully saturated rings. The summed E-state index contributed by atoms with van der Waals surface area (Å²) in [5.41, 5.74) is 0. The van der Waals surface area contributed by atoms with Crippen LogP contribution in [0.5, 0.6) is 0 Å². The van der Waals surface area contributed by atoms with E-state index in [4.69, 9.17) is 0 Å².